The van der Waals surface area contributed by atoms with Crippen LogP contribution in [0.1, 0.15) is 0 Å². The van der Waals surface area contributed by atoms with E-state index in [9.17, 15) is 4.79 Å². The maximum Gasteiger partial charge on any atom is 0.411 e. The Hall–Kier alpha value is -2.31. The molecule has 6 heteroatoms. The van der Waals surface area contributed by atoms with Crippen LogP contribution in [-0.2, 0) is 9.47 Å². The number of ether oxygens (including phenoxy) is 3. The molecule has 2 heterocycles. The van der Waals surface area contributed by atoms with Crippen LogP contribution >= 0.6 is 0 Å². The molecule has 132 valence electrons. The summed E-state index contributed by atoms with van der Waals surface area (Å²) in [4.78, 5) is 16.0. The zero-order valence-electron chi connectivity index (χ0n) is 14.1. The average molecular weight is 342 g/mol. The first-order valence-electron chi connectivity index (χ1n) is 8.66. The molecular weight excluding hydrogens is 320 g/mol. The summed E-state index contributed by atoms with van der Waals surface area (Å²) in [6.45, 7) is 4.64. The van der Waals surface area contributed by atoms with Gasteiger partial charge in [-0.3, -0.25) is 9.80 Å². The Balaban J connectivity index is 1.35. The van der Waals surface area contributed by atoms with Crippen LogP contribution in [0, 0.1) is 0 Å². The third kappa shape index (κ3) is 3.70. The SMILES string of the molecule is O=C1OC(COc2cccc3ccccc23)CN1CN1CCOCC1. The van der Waals surface area contributed by atoms with E-state index in [-0.39, 0.29) is 12.2 Å². The van der Waals surface area contributed by atoms with E-state index in [0.717, 1.165) is 42.8 Å². The van der Waals surface area contributed by atoms with Gasteiger partial charge in [-0.2, -0.15) is 0 Å². The molecule has 2 aliphatic rings. The van der Waals surface area contributed by atoms with Gasteiger partial charge in [0.05, 0.1) is 26.4 Å². The van der Waals surface area contributed by atoms with Crippen molar-refractivity contribution in [1.82, 2.24) is 9.80 Å². The van der Waals surface area contributed by atoms with Crippen molar-refractivity contribution < 1.29 is 19.0 Å². The van der Waals surface area contributed by atoms with E-state index in [1.807, 2.05) is 30.3 Å². The summed E-state index contributed by atoms with van der Waals surface area (Å²) in [5.41, 5.74) is 0. The van der Waals surface area contributed by atoms with Gasteiger partial charge in [0.15, 0.2) is 6.10 Å². The van der Waals surface area contributed by atoms with Gasteiger partial charge < -0.3 is 14.2 Å². The zero-order chi connectivity index (χ0) is 17.1. The maximum atomic E-state index is 12.1. The molecule has 2 aromatic rings. The summed E-state index contributed by atoms with van der Waals surface area (Å²) in [7, 11) is 0. The number of hydrogen-bond donors (Lipinski definition) is 0. The van der Waals surface area contributed by atoms with Gasteiger partial charge in [-0.1, -0.05) is 36.4 Å². The second kappa shape index (κ2) is 7.29. The fourth-order valence-corrected chi connectivity index (χ4v) is 3.27. The van der Waals surface area contributed by atoms with Crippen molar-refractivity contribution in [1.29, 1.82) is 0 Å². The Labute approximate surface area is 146 Å². The lowest BCUT2D eigenvalue weighted by Crippen LogP contribution is -2.44. The standard InChI is InChI=1S/C19H22N2O4/c22-19-21(14-20-8-10-23-11-9-20)12-16(25-19)13-24-18-7-3-5-15-4-1-2-6-17(15)18/h1-7,16H,8-14H2. The molecule has 1 atom stereocenters. The molecule has 0 aromatic heterocycles. The van der Waals surface area contributed by atoms with E-state index in [1.165, 1.54) is 0 Å². The molecule has 4 rings (SSSR count). The number of morpholine rings is 1. The first-order valence-corrected chi connectivity index (χ1v) is 8.66. The fraction of sp³-hybridized carbons (Fsp3) is 0.421. The van der Waals surface area contributed by atoms with Gasteiger partial charge in [0, 0.05) is 18.5 Å². The monoisotopic (exact) mass is 342 g/mol. The molecule has 1 amide bonds. The molecule has 25 heavy (non-hydrogen) atoms. The molecule has 1 unspecified atom stereocenters. The topological polar surface area (TPSA) is 51.2 Å². The van der Waals surface area contributed by atoms with Gasteiger partial charge >= 0.3 is 6.09 Å². The van der Waals surface area contributed by atoms with Crippen LogP contribution in [0.2, 0.25) is 0 Å². The van der Waals surface area contributed by atoms with Gasteiger partial charge in [-0.25, -0.2) is 4.79 Å². The number of fused-ring (bicyclic) bond motifs is 1. The second-order valence-corrected chi connectivity index (χ2v) is 6.39. The first-order chi connectivity index (χ1) is 12.3. The summed E-state index contributed by atoms with van der Waals surface area (Å²) in [5.74, 6) is 0.820. The molecule has 2 fully saturated rings. The van der Waals surface area contributed by atoms with Crippen molar-refractivity contribution >= 4 is 16.9 Å². The van der Waals surface area contributed by atoms with Crippen LogP contribution in [0.25, 0.3) is 10.8 Å². The predicted octanol–water partition coefficient (Wildman–Crippen LogP) is 2.33. The lowest BCUT2D eigenvalue weighted by atomic mass is 10.1. The van der Waals surface area contributed by atoms with Gasteiger partial charge in [-0.15, -0.1) is 0 Å². The molecule has 0 bridgehead atoms. The highest BCUT2D eigenvalue weighted by atomic mass is 16.6. The summed E-state index contributed by atoms with van der Waals surface area (Å²) < 4.78 is 16.7. The van der Waals surface area contributed by atoms with E-state index in [4.69, 9.17) is 14.2 Å². The summed E-state index contributed by atoms with van der Waals surface area (Å²) in [6.07, 6.45) is -0.509. The van der Waals surface area contributed by atoms with Gasteiger partial charge in [0.1, 0.15) is 12.4 Å². The van der Waals surface area contributed by atoms with Crippen LogP contribution in [-0.4, -0.2) is 68.1 Å². The van der Waals surface area contributed by atoms with E-state index < -0.39 is 0 Å². The number of benzene rings is 2. The molecular formula is C19H22N2O4. The van der Waals surface area contributed by atoms with Gasteiger partial charge in [0.25, 0.3) is 0 Å². The zero-order valence-corrected chi connectivity index (χ0v) is 14.1. The van der Waals surface area contributed by atoms with E-state index in [0.29, 0.717) is 19.8 Å². The molecule has 0 radical (unpaired) electrons. The summed E-state index contributed by atoms with van der Waals surface area (Å²) in [6, 6.07) is 14.1. The molecule has 2 saturated heterocycles. The third-order valence-corrected chi connectivity index (χ3v) is 4.60. The van der Waals surface area contributed by atoms with Crippen LogP contribution in [0.3, 0.4) is 0 Å². The molecule has 0 spiro atoms. The number of carbonyl (C=O) groups is 1. The minimum atomic E-state index is -0.266. The van der Waals surface area contributed by atoms with Crippen molar-refractivity contribution in [2.24, 2.45) is 0 Å². The number of amides is 1. The highest BCUT2D eigenvalue weighted by Gasteiger charge is 2.33. The van der Waals surface area contributed by atoms with Crippen molar-refractivity contribution in [2.45, 2.75) is 6.10 Å². The minimum Gasteiger partial charge on any atom is -0.489 e. The van der Waals surface area contributed by atoms with Gasteiger partial charge in [-0.05, 0) is 11.5 Å². The first kappa shape index (κ1) is 16.2. The number of nitrogens with zero attached hydrogens (tertiary/aromatic N) is 2. The predicted molar refractivity (Wildman–Crippen MR) is 93.7 cm³/mol. The largest absolute Gasteiger partial charge is 0.489 e. The molecule has 0 N–H and O–H groups in total. The number of hydrogen-bond acceptors (Lipinski definition) is 5. The maximum absolute atomic E-state index is 12.1. The smallest absolute Gasteiger partial charge is 0.411 e. The normalized spacial score (nSPS) is 21.5. The summed E-state index contributed by atoms with van der Waals surface area (Å²) >= 11 is 0. The van der Waals surface area contributed by atoms with Crippen LogP contribution in [0.15, 0.2) is 42.5 Å². The molecule has 2 aliphatic heterocycles. The van der Waals surface area contributed by atoms with Gasteiger partial charge in [0.2, 0.25) is 0 Å². The fourth-order valence-electron chi connectivity index (χ4n) is 3.27. The molecule has 2 aromatic carbocycles. The Morgan fingerprint density at radius 3 is 2.76 bits per heavy atom. The third-order valence-electron chi connectivity index (χ3n) is 4.60. The number of cyclic esters (lactones) is 1. The average Bonchev–Trinajstić information content (AvgIpc) is 3.00. The van der Waals surface area contributed by atoms with Crippen molar-refractivity contribution in [3.05, 3.63) is 42.5 Å². The molecule has 0 saturated carbocycles. The lowest BCUT2D eigenvalue weighted by Gasteiger charge is -2.29. The van der Waals surface area contributed by atoms with E-state index >= 15 is 0 Å². The van der Waals surface area contributed by atoms with Crippen molar-refractivity contribution in [2.75, 3.05) is 46.1 Å². The number of carbonyl (C=O) groups excluding carboxylic acids is 1. The number of rotatable bonds is 5. The van der Waals surface area contributed by atoms with Crippen LogP contribution in [0.5, 0.6) is 5.75 Å². The molecule has 0 aliphatic carbocycles. The highest BCUT2D eigenvalue weighted by Crippen LogP contribution is 2.25. The summed E-state index contributed by atoms with van der Waals surface area (Å²) in [5, 5.41) is 2.21. The van der Waals surface area contributed by atoms with Crippen molar-refractivity contribution in [3.8, 4) is 5.75 Å². The van der Waals surface area contributed by atoms with Crippen LogP contribution < -0.4 is 4.74 Å². The molecule has 6 nitrogen and oxygen atoms in total. The minimum absolute atomic E-state index is 0.243. The lowest BCUT2D eigenvalue weighted by molar-refractivity contribution is 0.0186. The Morgan fingerprint density at radius 1 is 1.08 bits per heavy atom. The Bertz CT molecular complexity index is 740. The van der Waals surface area contributed by atoms with E-state index in [1.54, 1.807) is 4.90 Å². The Morgan fingerprint density at radius 2 is 1.88 bits per heavy atom. The highest BCUT2D eigenvalue weighted by molar-refractivity contribution is 5.88. The van der Waals surface area contributed by atoms with Crippen molar-refractivity contribution in [3.63, 3.8) is 0 Å². The van der Waals surface area contributed by atoms with Crippen LogP contribution in [0.4, 0.5) is 4.79 Å². The quantitative estimate of drug-likeness (QED) is 0.835. The Kier molecular flexibility index (Phi) is 4.72. The second-order valence-electron chi connectivity index (χ2n) is 6.39. The van der Waals surface area contributed by atoms with E-state index in [2.05, 4.69) is 17.0 Å².